The minimum atomic E-state index is 0.0747. The first-order valence-electron chi connectivity index (χ1n) is 5.71. The molecule has 2 N–H and O–H groups in total. The third kappa shape index (κ3) is 3.45. The van der Waals surface area contributed by atoms with Crippen LogP contribution in [0.5, 0.6) is 5.75 Å². The number of para-hydroxylation sites is 1. The van der Waals surface area contributed by atoms with Crippen LogP contribution in [0, 0.1) is 0 Å². The quantitative estimate of drug-likeness (QED) is 0.916. The van der Waals surface area contributed by atoms with E-state index in [2.05, 4.69) is 4.98 Å². The Morgan fingerprint density at radius 2 is 2.33 bits per heavy atom. The second-order valence-electron chi connectivity index (χ2n) is 4.12. The topological polar surface area (TPSA) is 48.1 Å². The number of nitrogens with two attached hydrogens (primary N) is 1. The van der Waals surface area contributed by atoms with Gasteiger partial charge in [-0.05, 0) is 25.0 Å². The van der Waals surface area contributed by atoms with Crippen molar-refractivity contribution in [2.45, 2.75) is 26.0 Å². The van der Waals surface area contributed by atoms with E-state index in [4.69, 9.17) is 22.1 Å². The molecule has 1 unspecified atom stereocenters. The Morgan fingerprint density at radius 3 is 3.00 bits per heavy atom. The molecule has 2 rings (SSSR count). The van der Waals surface area contributed by atoms with Crippen LogP contribution in [-0.4, -0.2) is 11.0 Å². The number of halogens is 1. The first kappa shape index (κ1) is 13.3. The fourth-order valence-electron chi connectivity index (χ4n) is 1.68. The van der Waals surface area contributed by atoms with Crippen LogP contribution in [-0.2, 0) is 13.0 Å². The normalized spacial score (nSPS) is 12.4. The lowest BCUT2D eigenvalue weighted by Gasteiger charge is -2.13. The maximum Gasteiger partial charge on any atom is 0.141 e. The van der Waals surface area contributed by atoms with E-state index in [9.17, 15) is 0 Å². The van der Waals surface area contributed by atoms with Crippen molar-refractivity contribution in [3.63, 3.8) is 0 Å². The van der Waals surface area contributed by atoms with Crippen molar-refractivity contribution < 1.29 is 4.74 Å². The zero-order valence-corrected chi connectivity index (χ0v) is 11.7. The predicted molar refractivity (Wildman–Crippen MR) is 75.3 cm³/mol. The molecule has 5 heteroatoms. The SMILES string of the molecule is CC(N)Cc1cccc(Cl)c1OCc1nccs1. The van der Waals surface area contributed by atoms with Gasteiger partial charge in [-0.2, -0.15) is 0 Å². The average Bonchev–Trinajstić information content (AvgIpc) is 2.80. The number of nitrogens with zero attached hydrogens (tertiary/aromatic N) is 1. The first-order chi connectivity index (χ1) is 8.66. The molecular formula is C13H15ClN2OS. The molecule has 0 aliphatic heterocycles. The molecule has 1 aromatic heterocycles. The minimum Gasteiger partial charge on any atom is -0.485 e. The van der Waals surface area contributed by atoms with Crippen LogP contribution in [0.4, 0.5) is 0 Å². The summed E-state index contributed by atoms with van der Waals surface area (Å²) < 4.78 is 5.77. The molecule has 1 aromatic carbocycles. The molecule has 2 aromatic rings. The molecule has 0 radical (unpaired) electrons. The van der Waals surface area contributed by atoms with E-state index in [0.717, 1.165) is 17.0 Å². The van der Waals surface area contributed by atoms with Gasteiger partial charge in [0.1, 0.15) is 17.4 Å². The molecule has 0 spiro atoms. The highest BCUT2D eigenvalue weighted by Gasteiger charge is 2.10. The number of rotatable bonds is 5. The largest absolute Gasteiger partial charge is 0.485 e. The van der Waals surface area contributed by atoms with Crippen LogP contribution in [0.1, 0.15) is 17.5 Å². The Balaban J connectivity index is 2.14. The smallest absolute Gasteiger partial charge is 0.141 e. The Labute approximate surface area is 116 Å². The van der Waals surface area contributed by atoms with E-state index in [1.165, 1.54) is 0 Å². The van der Waals surface area contributed by atoms with Gasteiger partial charge < -0.3 is 10.5 Å². The summed E-state index contributed by atoms with van der Waals surface area (Å²) in [7, 11) is 0. The molecule has 0 aliphatic carbocycles. The molecule has 0 aliphatic rings. The van der Waals surface area contributed by atoms with Gasteiger partial charge in [-0.1, -0.05) is 23.7 Å². The predicted octanol–water partition coefficient (Wildman–Crippen LogP) is 3.27. The molecule has 96 valence electrons. The summed E-state index contributed by atoms with van der Waals surface area (Å²) in [5.41, 5.74) is 6.86. The molecule has 0 saturated heterocycles. The molecule has 1 atom stereocenters. The van der Waals surface area contributed by atoms with Gasteiger partial charge in [0.15, 0.2) is 0 Å². The zero-order chi connectivity index (χ0) is 13.0. The Hall–Kier alpha value is -1.10. The van der Waals surface area contributed by atoms with E-state index >= 15 is 0 Å². The van der Waals surface area contributed by atoms with Crippen LogP contribution in [0.2, 0.25) is 5.02 Å². The van der Waals surface area contributed by atoms with Crippen molar-refractivity contribution >= 4 is 22.9 Å². The lowest BCUT2D eigenvalue weighted by atomic mass is 10.1. The number of hydrogen-bond donors (Lipinski definition) is 1. The summed E-state index contributed by atoms with van der Waals surface area (Å²) in [6, 6.07) is 5.80. The lowest BCUT2D eigenvalue weighted by Crippen LogP contribution is -2.18. The van der Waals surface area contributed by atoms with E-state index < -0.39 is 0 Å². The first-order valence-corrected chi connectivity index (χ1v) is 6.96. The standard InChI is InChI=1S/C13H15ClN2OS/c1-9(15)7-10-3-2-4-11(14)13(10)17-8-12-16-5-6-18-12/h2-6,9H,7-8,15H2,1H3. The molecular weight excluding hydrogens is 268 g/mol. The summed E-state index contributed by atoms with van der Waals surface area (Å²) in [6.45, 7) is 2.40. The summed E-state index contributed by atoms with van der Waals surface area (Å²) in [4.78, 5) is 4.18. The maximum atomic E-state index is 6.17. The molecule has 0 bridgehead atoms. The molecule has 0 fully saturated rings. The third-order valence-electron chi connectivity index (χ3n) is 2.41. The highest BCUT2D eigenvalue weighted by molar-refractivity contribution is 7.09. The van der Waals surface area contributed by atoms with Crippen molar-refractivity contribution in [3.05, 3.63) is 45.4 Å². The Kier molecular flexibility index (Phi) is 4.58. The van der Waals surface area contributed by atoms with Crippen LogP contribution in [0.3, 0.4) is 0 Å². The lowest BCUT2D eigenvalue weighted by molar-refractivity contribution is 0.302. The highest BCUT2D eigenvalue weighted by Crippen LogP contribution is 2.30. The van der Waals surface area contributed by atoms with Crippen LogP contribution in [0.25, 0.3) is 0 Å². The molecule has 3 nitrogen and oxygen atoms in total. The summed E-state index contributed by atoms with van der Waals surface area (Å²) in [5.74, 6) is 0.715. The van der Waals surface area contributed by atoms with Gasteiger partial charge in [-0.3, -0.25) is 0 Å². The van der Waals surface area contributed by atoms with E-state index in [1.807, 2.05) is 30.5 Å². The van der Waals surface area contributed by atoms with Gasteiger partial charge >= 0.3 is 0 Å². The Morgan fingerprint density at radius 1 is 1.50 bits per heavy atom. The van der Waals surface area contributed by atoms with Gasteiger partial charge in [-0.25, -0.2) is 4.98 Å². The van der Waals surface area contributed by atoms with Crippen LogP contribution in [0.15, 0.2) is 29.8 Å². The average molecular weight is 283 g/mol. The summed E-state index contributed by atoms with van der Waals surface area (Å²) >= 11 is 7.73. The van der Waals surface area contributed by atoms with E-state index in [1.54, 1.807) is 17.5 Å². The second kappa shape index (κ2) is 6.18. The summed E-state index contributed by atoms with van der Waals surface area (Å²) in [5, 5.41) is 3.47. The monoisotopic (exact) mass is 282 g/mol. The summed E-state index contributed by atoms with van der Waals surface area (Å²) in [6.07, 6.45) is 2.51. The number of ether oxygens (including phenoxy) is 1. The molecule has 0 saturated carbocycles. The van der Waals surface area contributed by atoms with Crippen molar-refractivity contribution in [2.75, 3.05) is 0 Å². The maximum absolute atomic E-state index is 6.17. The van der Waals surface area contributed by atoms with Gasteiger partial charge in [-0.15, -0.1) is 11.3 Å². The van der Waals surface area contributed by atoms with Crippen molar-refractivity contribution in [3.8, 4) is 5.75 Å². The molecule has 0 amide bonds. The van der Waals surface area contributed by atoms with Crippen LogP contribution < -0.4 is 10.5 Å². The Bertz CT molecular complexity index is 500. The minimum absolute atomic E-state index is 0.0747. The van der Waals surface area contributed by atoms with Crippen LogP contribution >= 0.6 is 22.9 Å². The highest BCUT2D eigenvalue weighted by atomic mass is 35.5. The number of hydrogen-bond acceptors (Lipinski definition) is 4. The van der Waals surface area contributed by atoms with Gasteiger partial charge in [0.05, 0.1) is 5.02 Å². The van der Waals surface area contributed by atoms with Gasteiger partial charge in [0.2, 0.25) is 0 Å². The number of thiazole rings is 1. The van der Waals surface area contributed by atoms with Crippen molar-refractivity contribution in [2.24, 2.45) is 5.73 Å². The van der Waals surface area contributed by atoms with E-state index in [-0.39, 0.29) is 6.04 Å². The molecule has 1 heterocycles. The van der Waals surface area contributed by atoms with Gasteiger partial charge in [0, 0.05) is 17.6 Å². The van der Waals surface area contributed by atoms with Crippen molar-refractivity contribution in [1.29, 1.82) is 0 Å². The fraction of sp³-hybridized carbons (Fsp3) is 0.308. The second-order valence-corrected chi connectivity index (χ2v) is 5.51. The van der Waals surface area contributed by atoms with E-state index in [0.29, 0.717) is 17.4 Å². The fourth-order valence-corrected chi connectivity index (χ4v) is 2.46. The zero-order valence-electron chi connectivity index (χ0n) is 10.1. The number of aromatic nitrogens is 1. The number of benzene rings is 1. The molecule has 18 heavy (non-hydrogen) atoms. The third-order valence-corrected chi connectivity index (χ3v) is 3.46. The van der Waals surface area contributed by atoms with Gasteiger partial charge in [0.25, 0.3) is 0 Å². The van der Waals surface area contributed by atoms with Crippen molar-refractivity contribution in [1.82, 2.24) is 4.98 Å².